The smallest absolute Gasteiger partial charge is 0.236 e. The summed E-state index contributed by atoms with van der Waals surface area (Å²) in [5.74, 6) is 0.236. The van der Waals surface area contributed by atoms with Crippen molar-refractivity contribution < 1.29 is 9.59 Å². The van der Waals surface area contributed by atoms with Crippen molar-refractivity contribution in [2.75, 3.05) is 33.2 Å². The summed E-state index contributed by atoms with van der Waals surface area (Å²) in [4.78, 5) is 30.2. The summed E-state index contributed by atoms with van der Waals surface area (Å²) >= 11 is 1.64. The Balaban J connectivity index is 1.87. The highest BCUT2D eigenvalue weighted by Gasteiger charge is 2.21. The molecule has 2 heterocycles. The minimum atomic E-state index is 0.101. The monoisotopic (exact) mass is 294 g/mol. The van der Waals surface area contributed by atoms with Crippen LogP contribution in [0.25, 0.3) is 0 Å². The number of likely N-dealkylation sites (tertiary alicyclic amines) is 1. The molecule has 0 bridgehead atoms. The molecule has 1 aliphatic rings. The van der Waals surface area contributed by atoms with Gasteiger partial charge in [0.2, 0.25) is 5.91 Å². The third-order valence-corrected chi connectivity index (χ3v) is 4.58. The van der Waals surface area contributed by atoms with E-state index in [-0.39, 0.29) is 11.7 Å². The summed E-state index contributed by atoms with van der Waals surface area (Å²) in [7, 11) is 1.83. The van der Waals surface area contributed by atoms with Gasteiger partial charge in [0.05, 0.1) is 13.1 Å². The minimum absolute atomic E-state index is 0.101. The molecule has 4 nitrogen and oxygen atoms in total. The lowest BCUT2D eigenvalue weighted by atomic mass is 10.1. The number of carbonyl (C=O) groups excluding carboxylic acids is 2. The second-order valence-electron chi connectivity index (χ2n) is 5.51. The normalized spacial score (nSPS) is 15.1. The Morgan fingerprint density at radius 2 is 1.90 bits per heavy atom. The maximum absolute atomic E-state index is 12.2. The van der Waals surface area contributed by atoms with Gasteiger partial charge in [0, 0.05) is 28.4 Å². The quantitative estimate of drug-likeness (QED) is 0.781. The van der Waals surface area contributed by atoms with E-state index in [1.165, 1.54) is 0 Å². The number of thiophene rings is 1. The Kier molecular flexibility index (Phi) is 4.94. The zero-order valence-corrected chi connectivity index (χ0v) is 13.3. The fraction of sp³-hybridized carbons (Fsp3) is 0.600. The van der Waals surface area contributed by atoms with E-state index in [9.17, 15) is 9.59 Å². The van der Waals surface area contributed by atoms with Gasteiger partial charge in [-0.15, -0.1) is 11.3 Å². The van der Waals surface area contributed by atoms with Crippen LogP contribution in [-0.2, 0) is 4.79 Å². The lowest BCUT2D eigenvalue weighted by Gasteiger charge is -2.20. The summed E-state index contributed by atoms with van der Waals surface area (Å²) in [5.41, 5.74) is 0.799. The van der Waals surface area contributed by atoms with Gasteiger partial charge in [0.25, 0.3) is 0 Å². The van der Waals surface area contributed by atoms with E-state index in [0.29, 0.717) is 13.1 Å². The molecule has 0 spiro atoms. The molecular weight excluding hydrogens is 272 g/mol. The third kappa shape index (κ3) is 3.67. The van der Waals surface area contributed by atoms with Gasteiger partial charge in [-0.05, 0) is 39.8 Å². The molecule has 5 heteroatoms. The molecule has 0 unspecified atom stereocenters. The predicted molar refractivity (Wildman–Crippen MR) is 81.4 cm³/mol. The maximum atomic E-state index is 12.2. The zero-order chi connectivity index (χ0) is 14.7. The lowest BCUT2D eigenvalue weighted by Crippen LogP contribution is -2.39. The molecule has 0 atom stereocenters. The van der Waals surface area contributed by atoms with Crippen LogP contribution in [0.5, 0.6) is 0 Å². The molecular formula is C15H22N2O2S. The molecule has 20 heavy (non-hydrogen) atoms. The SMILES string of the molecule is Cc1cc(C(=O)CN(C)CC(=O)N2CCCC2)c(C)s1. The standard InChI is InChI=1S/C15H22N2O2S/c1-11-8-13(12(2)20-11)14(18)9-16(3)10-15(19)17-6-4-5-7-17/h8H,4-7,9-10H2,1-3H3. The molecule has 1 saturated heterocycles. The first-order valence-electron chi connectivity index (χ1n) is 7.04. The number of nitrogens with zero attached hydrogens (tertiary/aromatic N) is 2. The summed E-state index contributed by atoms with van der Waals surface area (Å²) in [6, 6.07) is 1.94. The van der Waals surface area contributed by atoms with Crippen LogP contribution in [0, 0.1) is 13.8 Å². The van der Waals surface area contributed by atoms with E-state index in [0.717, 1.165) is 41.2 Å². The van der Waals surface area contributed by atoms with Crippen molar-refractivity contribution in [3.63, 3.8) is 0 Å². The summed E-state index contributed by atoms with van der Waals surface area (Å²) in [5, 5.41) is 0. The second-order valence-corrected chi connectivity index (χ2v) is 6.97. The number of ketones is 1. The largest absolute Gasteiger partial charge is 0.342 e. The van der Waals surface area contributed by atoms with E-state index in [4.69, 9.17) is 0 Å². The van der Waals surface area contributed by atoms with Gasteiger partial charge in [-0.1, -0.05) is 0 Å². The van der Waals surface area contributed by atoms with E-state index < -0.39 is 0 Å². The number of hydrogen-bond acceptors (Lipinski definition) is 4. The van der Waals surface area contributed by atoms with Crippen LogP contribution < -0.4 is 0 Å². The summed E-state index contributed by atoms with van der Waals surface area (Å²) in [6.45, 7) is 6.34. The van der Waals surface area contributed by atoms with Crippen molar-refractivity contribution in [2.45, 2.75) is 26.7 Å². The van der Waals surface area contributed by atoms with Gasteiger partial charge in [0.1, 0.15) is 0 Å². The van der Waals surface area contributed by atoms with Gasteiger partial charge in [-0.3, -0.25) is 14.5 Å². The summed E-state index contributed by atoms with van der Waals surface area (Å²) in [6.07, 6.45) is 2.20. The molecule has 1 aliphatic heterocycles. The second kappa shape index (κ2) is 6.50. The van der Waals surface area contributed by atoms with Gasteiger partial charge < -0.3 is 4.90 Å². The topological polar surface area (TPSA) is 40.6 Å². The van der Waals surface area contributed by atoms with Crippen LogP contribution in [-0.4, -0.2) is 54.7 Å². The third-order valence-electron chi connectivity index (χ3n) is 3.62. The number of hydrogen-bond donors (Lipinski definition) is 0. The average molecular weight is 294 g/mol. The van der Waals surface area contributed by atoms with Crippen LogP contribution in [0.3, 0.4) is 0 Å². The molecule has 2 rings (SSSR count). The first-order chi connectivity index (χ1) is 9.47. The number of rotatable bonds is 5. The highest BCUT2D eigenvalue weighted by atomic mass is 32.1. The predicted octanol–water partition coefficient (Wildman–Crippen LogP) is 2.10. The molecule has 0 aliphatic carbocycles. The Bertz CT molecular complexity index is 504. The highest BCUT2D eigenvalue weighted by molar-refractivity contribution is 7.12. The minimum Gasteiger partial charge on any atom is -0.342 e. The zero-order valence-electron chi connectivity index (χ0n) is 12.4. The number of aryl methyl sites for hydroxylation is 2. The van der Waals surface area contributed by atoms with Crippen LogP contribution in [0.15, 0.2) is 6.07 Å². The Morgan fingerprint density at radius 3 is 2.45 bits per heavy atom. The molecule has 110 valence electrons. The van der Waals surface area contributed by atoms with Gasteiger partial charge >= 0.3 is 0 Å². The van der Waals surface area contributed by atoms with Crippen LogP contribution in [0.2, 0.25) is 0 Å². The van der Waals surface area contributed by atoms with Crippen molar-refractivity contribution in [1.29, 1.82) is 0 Å². The lowest BCUT2D eigenvalue weighted by molar-refractivity contribution is -0.130. The molecule has 0 saturated carbocycles. The van der Waals surface area contributed by atoms with Gasteiger partial charge in [-0.2, -0.15) is 0 Å². The van der Waals surface area contributed by atoms with Crippen molar-refractivity contribution in [3.8, 4) is 0 Å². The van der Waals surface area contributed by atoms with Gasteiger partial charge in [-0.25, -0.2) is 0 Å². The Morgan fingerprint density at radius 1 is 1.25 bits per heavy atom. The molecule has 0 N–H and O–H groups in total. The molecule has 0 aromatic carbocycles. The molecule has 1 aromatic heterocycles. The van der Waals surface area contributed by atoms with Crippen molar-refractivity contribution in [3.05, 3.63) is 21.4 Å². The molecule has 1 aromatic rings. The summed E-state index contributed by atoms with van der Waals surface area (Å²) < 4.78 is 0. The van der Waals surface area contributed by atoms with E-state index in [2.05, 4.69) is 0 Å². The van der Waals surface area contributed by atoms with Crippen molar-refractivity contribution in [1.82, 2.24) is 9.80 Å². The van der Waals surface area contributed by atoms with E-state index >= 15 is 0 Å². The van der Waals surface area contributed by atoms with Crippen molar-refractivity contribution in [2.24, 2.45) is 0 Å². The van der Waals surface area contributed by atoms with Crippen LogP contribution in [0.4, 0.5) is 0 Å². The van der Waals surface area contributed by atoms with Gasteiger partial charge in [0.15, 0.2) is 5.78 Å². The van der Waals surface area contributed by atoms with Crippen molar-refractivity contribution >= 4 is 23.0 Å². The maximum Gasteiger partial charge on any atom is 0.236 e. The number of likely N-dealkylation sites (N-methyl/N-ethyl adjacent to an activating group) is 1. The average Bonchev–Trinajstić information content (AvgIpc) is 2.98. The van der Waals surface area contributed by atoms with E-state index in [1.54, 1.807) is 11.3 Å². The van der Waals surface area contributed by atoms with Crippen LogP contribution >= 0.6 is 11.3 Å². The van der Waals surface area contributed by atoms with E-state index in [1.807, 2.05) is 36.8 Å². The van der Waals surface area contributed by atoms with Crippen LogP contribution in [0.1, 0.15) is 33.0 Å². The molecule has 0 radical (unpaired) electrons. The number of Topliss-reactive ketones (excluding diaryl/α,β-unsaturated/α-hetero) is 1. The Hall–Kier alpha value is -1.20. The Labute approximate surface area is 124 Å². The fourth-order valence-corrected chi connectivity index (χ4v) is 3.53. The number of amides is 1. The fourth-order valence-electron chi connectivity index (χ4n) is 2.59. The molecule has 1 amide bonds. The molecule has 1 fully saturated rings. The highest BCUT2D eigenvalue weighted by Crippen LogP contribution is 2.21. The first kappa shape index (κ1) is 15.2. The number of carbonyl (C=O) groups is 2. The first-order valence-corrected chi connectivity index (χ1v) is 7.85.